The zero-order valence-corrected chi connectivity index (χ0v) is 14.9. The van der Waals surface area contributed by atoms with Crippen LogP contribution in [-0.4, -0.2) is 73.8 Å². The molecule has 2 heterocycles. The van der Waals surface area contributed by atoms with Crippen molar-refractivity contribution in [3.05, 3.63) is 18.5 Å². The summed E-state index contributed by atoms with van der Waals surface area (Å²) in [6.45, 7) is 8.43. The van der Waals surface area contributed by atoms with Gasteiger partial charge in [-0.05, 0) is 32.3 Å². The maximum Gasteiger partial charge on any atom is 0.225 e. The fourth-order valence-corrected chi connectivity index (χ4v) is 2.72. The zero-order valence-electron chi connectivity index (χ0n) is 14.9. The van der Waals surface area contributed by atoms with Crippen LogP contribution in [0, 0.1) is 0 Å². The molecule has 7 nitrogen and oxygen atoms in total. The van der Waals surface area contributed by atoms with Crippen molar-refractivity contribution in [2.75, 3.05) is 57.9 Å². The number of hydrogen-bond donors (Lipinski definition) is 1. The van der Waals surface area contributed by atoms with E-state index in [1.807, 2.05) is 6.07 Å². The summed E-state index contributed by atoms with van der Waals surface area (Å²) in [5, 5.41) is 3.41. The summed E-state index contributed by atoms with van der Waals surface area (Å²) in [5.41, 5.74) is 0. The molecule has 0 spiro atoms. The van der Waals surface area contributed by atoms with Crippen LogP contribution >= 0.6 is 0 Å². The normalized spacial score (nSPS) is 15.7. The number of ether oxygens (including phenoxy) is 1. The average Bonchev–Trinajstić information content (AvgIpc) is 2.64. The highest BCUT2D eigenvalue weighted by atomic mass is 16.5. The van der Waals surface area contributed by atoms with E-state index in [-0.39, 0.29) is 0 Å². The van der Waals surface area contributed by atoms with Crippen molar-refractivity contribution in [2.24, 2.45) is 4.99 Å². The van der Waals surface area contributed by atoms with Crippen LogP contribution in [0.3, 0.4) is 0 Å². The van der Waals surface area contributed by atoms with E-state index in [9.17, 15) is 0 Å². The first kappa shape index (κ1) is 18.4. The highest BCUT2D eigenvalue weighted by molar-refractivity contribution is 5.80. The highest BCUT2D eigenvalue weighted by Gasteiger charge is 2.20. The fourth-order valence-electron chi connectivity index (χ4n) is 2.72. The Morgan fingerprint density at radius 3 is 2.58 bits per heavy atom. The molecule has 0 atom stereocenters. The number of rotatable bonds is 8. The van der Waals surface area contributed by atoms with Crippen LogP contribution in [0.2, 0.25) is 0 Å². The number of guanidine groups is 1. The molecule has 2 rings (SSSR count). The molecule has 24 heavy (non-hydrogen) atoms. The third-order valence-corrected chi connectivity index (χ3v) is 4.02. The lowest BCUT2D eigenvalue weighted by atomic mass is 10.2. The number of nitrogens with one attached hydrogen (secondary N) is 1. The van der Waals surface area contributed by atoms with Crippen LogP contribution in [0.1, 0.15) is 26.2 Å². The minimum Gasteiger partial charge on any atom is -0.385 e. The molecule has 1 fully saturated rings. The number of piperazine rings is 1. The van der Waals surface area contributed by atoms with Gasteiger partial charge >= 0.3 is 0 Å². The third-order valence-electron chi connectivity index (χ3n) is 4.02. The van der Waals surface area contributed by atoms with E-state index in [4.69, 9.17) is 9.73 Å². The predicted octanol–water partition coefficient (Wildman–Crippen LogP) is 1.38. The summed E-state index contributed by atoms with van der Waals surface area (Å²) in [7, 11) is 1.75. The molecule has 1 aromatic rings. The quantitative estimate of drug-likeness (QED) is 0.440. The molecule has 0 amide bonds. The second kappa shape index (κ2) is 10.8. The van der Waals surface area contributed by atoms with Crippen molar-refractivity contribution in [1.82, 2.24) is 20.2 Å². The molecule has 1 aliphatic rings. The van der Waals surface area contributed by atoms with Gasteiger partial charge in [0.2, 0.25) is 5.95 Å². The summed E-state index contributed by atoms with van der Waals surface area (Å²) in [4.78, 5) is 18.0. The van der Waals surface area contributed by atoms with Crippen LogP contribution in [-0.2, 0) is 4.74 Å². The molecule has 0 bridgehead atoms. The molecule has 134 valence electrons. The van der Waals surface area contributed by atoms with Crippen molar-refractivity contribution < 1.29 is 4.74 Å². The van der Waals surface area contributed by atoms with Crippen molar-refractivity contribution in [3.63, 3.8) is 0 Å². The van der Waals surface area contributed by atoms with Crippen molar-refractivity contribution in [1.29, 1.82) is 0 Å². The van der Waals surface area contributed by atoms with Crippen LogP contribution in [0.25, 0.3) is 0 Å². The molecule has 1 aromatic heterocycles. The number of aromatic nitrogens is 2. The van der Waals surface area contributed by atoms with E-state index in [0.29, 0.717) is 0 Å². The van der Waals surface area contributed by atoms with E-state index in [2.05, 4.69) is 32.0 Å². The minimum absolute atomic E-state index is 0.817. The average molecular weight is 334 g/mol. The first-order chi connectivity index (χ1) is 11.8. The van der Waals surface area contributed by atoms with Crippen molar-refractivity contribution in [2.45, 2.75) is 26.2 Å². The van der Waals surface area contributed by atoms with Gasteiger partial charge in [0.15, 0.2) is 5.96 Å². The molecule has 1 aliphatic heterocycles. The van der Waals surface area contributed by atoms with Gasteiger partial charge in [-0.3, -0.25) is 4.99 Å². The van der Waals surface area contributed by atoms with E-state index < -0.39 is 0 Å². The maximum atomic E-state index is 5.08. The molecule has 1 N–H and O–H groups in total. The number of unbranched alkanes of at least 4 members (excludes halogenated alkanes) is 2. The Kier molecular flexibility index (Phi) is 8.31. The number of methoxy groups -OCH3 is 1. The summed E-state index contributed by atoms with van der Waals surface area (Å²) < 4.78 is 5.08. The Morgan fingerprint density at radius 2 is 1.92 bits per heavy atom. The third kappa shape index (κ3) is 5.96. The monoisotopic (exact) mass is 334 g/mol. The standard InChI is InChI=1S/C17H30N6O/c1-3-18-16(19-8-5-4-6-15-24-2)22-11-13-23(14-12-22)17-20-9-7-10-21-17/h7,9-10H,3-6,8,11-15H2,1-2H3,(H,18,19). The topological polar surface area (TPSA) is 65.9 Å². The molecule has 0 saturated carbocycles. The van der Waals surface area contributed by atoms with Gasteiger partial charge < -0.3 is 19.9 Å². The van der Waals surface area contributed by atoms with Gasteiger partial charge in [-0.25, -0.2) is 9.97 Å². The number of nitrogens with zero attached hydrogens (tertiary/aromatic N) is 5. The Balaban J connectivity index is 1.79. The van der Waals surface area contributed by atoms with Gasteiger partial charge in [-0.1, -0.05) is 0 Å². The molecule has 0 aliphatic carbocycles. The molecule has 7 heteroatoms. The second-order valence-electron chi connectivity index (χ2n) is 5.81. The minimum atomic E-state index is 0.817. The van der Waals surface area contributed by atoms with Gasteiger partial charge in [0.05, 0.1) is 0 Å². The molecule has 0 unspecified atom stereocenters. The lowest BCUT2D eigenvalue weighted by molar-refractivity contribution is 0.192. The van der Waals surface area contributed by atoms with E-state index in [1.54, 1.807) is 19.5 Å². The largest absolute Gasteiger partial charge is 0.385 e. The van der Waals surface area contributed by atoms with E-state index in [0.717, 1.165) is 77.0 Å². The van der Waals surface area contributed by atoms with Crippen molar-refractivity contribution >= 4 is 11.9 Å². The summed E-state index contributed by atoms with van der Waals surface area (Å²) in [6.07, 6.45) is 6.97. The highest BCUT2D eigenvalue weighted by Crippen LogP contribution is 2.10. The van der Waals surface area contributed by atoms with Gasteiger partial charge in [0, 0.05) is 65.4 Å². The zero-order chi connectivity index (χ0) is 17.0. The lowest BCUT2D eigenvalue weighted by Gasteiger charge is -2.36. The van der Waals surface area contributed by atoms with Gasteiger partial charge in [-0.15, -0.1) is 0 Å². The second-order valence-corrected chi connectivity index (χ2v) is 5.81. The molecule has 1 saturated heterocycles. The predicted molar refractivity (Wildman–Crippen MR) is 97.5 cm³/mol. The van der Waals surface area contributed by atoms with E-state index >= 15 is 0 Å². The van der Waals surface area contributed by atoms with Crippen LogP contribution in [0.15, 0.2) is 23.5 Å². The first-order valence-corrected chi connectivity index (χ1v) is 8.89. The Labute approximate surface area is 145 Å². The molecular weight excluding hydrogens is 304 g/mol. The van der Waals surface area contributed by atoms with Gasteiger partial charge in [0.1, 0.15) is 0 Å². The molecule has 0 aromatic carbocycles. The lowest BCUT2D eigenvalue weighted by Crippen LogP contribution is -2.53. The van der Waals surface area contributed by atoms with Crippen molar-refractivity contribution in [3.8, 4) is 0 Å². The maximum absolute atomic E-state index is 5.08. The number of anilines is 1. The van der Waals surface area contributed by atoms with Gasteiger partial charge in [-0.2, -0.15) is 0 Å². The van der Waals surface area contributed by atoms with E-state index in [1.165, 1.54) is 0 Å². The van der Waals surface area contributed by atoms with Crippen LogP contribution < -0.4 is 10.2 Å². The number of hydrogen-bond acceptors (Lipinski definition) is 5. The molecular formula is C17H30N6O. The van der Waals surface area contributed by atoms with Crippen LogP contribution in [0.4, 0.5) is 5.95 Å². The Bertz CT molecular complexity index is 473. The summed E-state index contributed by atoms with van der Waals surface area (Å²) in [6, 6.07) is 1.85. The SMILES string of the molecule is CCNC(=NCCCCCOC)N1CCN(c2ncccn2)CC1. The first-order valence-electron chi connectivity index (χ1n) is 8.89. The smallest absolute Gasteiger partial charge is 0.225 e. The van der Waals surface area contributed by atoms with Crippen LogP contribution in [0.5, 0.6) is 0 Å². The Morgan fingerprint density at radius 1 is 1.17 bits per heavy atom. The molecule has 0 radical (unpaired) electrons. The van der Waals surface area contributed by atoms with Gasteiger partial charge in [0.25, 0.3) is 0 Å². The Hall–Kier alpha value is -1.89. The summed E-state index contributed by atoms with van der Waals surface area (Å²) in [5.74, 6) is 1.84. The fraction of sp³-hybridized carbons (Fsp3) is 0.706. The number of aliphatic imine (C=N–C) groups is 1. The summed E-state index contributed by atoms with van der Waals surface area (Å²) >= 11 is 0.